The van der Waals surface area contributed by atoms with Gasteiger partial charge in [0.2, 0.25) is 0 Å². The fraction of sp³-hybridized carbons (Fsp3) is 0.923. The summed E-state index contributed by atoms with van der Waals surface area (Å²) in [5.74, 6) is 2.29. The zero-order chi connectivity index (χ0) is 11.2. The van der Waals surface area contributed by atoms with Gasteiger partial charge in [-0.15, -0.1) is 0 Å². The van der Waals surface area contributed by atoms with Gasteiger partial charge in [-0.25, -0.2) is 4.79 Å². The topological polar surface area (TPSA) is 35.5 Å². The van der Waals surface area contributed by atoms with E-state index in [1.807, 2.05) is 0 Å². The molecule has 4 fully saturated rings. The summed E-state index contributed by atoms with van der Waals surface area (Å²) in [5, 5.41) is 0. The molecule has 0 amide bonds. The fourth-order valence-corrected chi connectivity index (χ4v) is 4.54. The van der Waals surface area contributed by atoms with Crippen LogP contribution in [0.25, 0.3) is 0 Å². The van der Waals surface area contributed by atoms with Gasteiger partial charge in [0.15, 0.2) is 0 Å². The molecule has 4 rings (SSSR count). The van der Waals surface area contributed by atoms with Crippen molar-refractivity contribution in [3.63, 3.8) is 0 Å². The highest BCUT2D eigenvalue weighted by Crippen LogP contribution is 2.57. The minimum atomic E-state index is -0.176. The lowest BCUT2D eigenvalue weighted by molar-refractivity contribution is -0.190. The molecule has 0 aromatic rings. The molecule has 0 atom stereocenters. The van der Waals surface area contributed by atoms with Gasteiger partial charge < -0.3 is 9.47 Å². The third-order valence-electron chi connectivity index (χ3n) is 4.57. The van der Waals surface area contributed by atoms with E-state index in [1.54, 1.807) is 7.11 Å². The van der Waals surface area contributed by atoms with Crippen LogP contribution in [-0.4, -0.2) is 25.3 Å². The molecule has 0 aromatic carbocycles. The second-order valence-electron chi connectivity index (χ2n) is 6.01. The van der Waals surface area contributed by atoms with Crippen molar-refractivity contribution in [2.75, 3.05) is 13.7 Å². The summed E-state index contributed by atoms with van der Waals surface area (Å²) < 4.78 is 10.6. The quantitative estimate of drug-likeness (QED) is 0.689. The molecule has 0 N–H and O–H groups in total. The standard InChI is InChI=1S/C13H20O3/c1-15-8-12(14)16-13-5-9-2-10(6-13)4-11(3-9)7-13/h9-11H,2-8H2,1H3. The first-order valence-corrected chi connectivity index (χ1v) is 6.40. The zero-order valence-electron chi connectivity index (χ0n) is 9.91. The number of hydrogen-bond acceptors (Lipinski definition) is 3. The minimum Gasteiger partial charge on any atom is -0.457 e. The van der Waals surface area contributed by atoms with Gasteiger partial charge in [0.1, 0.15) is 12.2 Å². The molecule has 4 aliphatic carbocycles. The van der Waals surface area contributed by atoms with Gasteiger partial charge >= 0.3 is 5.97 Å². The molecule has 0 aliphatic heterocycles. The van der Waals surface area contributed by atoms with E-state index in [1.165, 1.54) is 19.3 Å². The second-order valence-corrected chi connectivity index (χ2v) is 6.01. The first kappa shape index (κ1) is 10.6. The van der Waals surface area contributed by atoms with Crippen LogP contribution in [0.3, 0.4) is 0 Å². The maximum Gasteiger partial charge on any atom is 0.332 e. The number of rotatable bonds is 3. The predicted octanol–water partition coefficient (Wildman–Crippen LogP) is 2.14. The average molecular weight is 224 g/mol. The minimum absolute atomic E-state index is 0.0990. The summed E-state index contributed by atoms with van der Waals surface area (Å²) in [6.45, 7) is 0.0990. The molecule has 0 saturated heterocycles. The van der Waals surface area contributed by atoms with Crippen LogP contribution in [-0.2, 0) is 14.3 Å². The summed E-state index contributed by atoms with van der Waals surface area (Å²) in [6.07, 6.45) is 7.45. The summed E-state index contributed by atoms with van der Waals surface area (Å²) in [5.41, 5.74) is -0.107. The van der Waals surface area contributed by atoms with Crippen molar-refractivity contribution in [1.82, 2.24) is 0 Å². The number of methoxy groups -OCH3 is 1. The largest absolute Gasteiger partial charge is 0.457 e. The first-order chi connectivity index (χ1) is 7.69. The molecule has 4 saturated carbocycles. The van der Waals surface area contributed by atoms with Crippen LogP contribution in [0.4, 0.5) is 0 Å². The Morgan fingerprint density at radius 3 is 2.06 bits per heavy atom. The predicted molar refractivity (Wildman–Crippen MR) is 58.9 cm³/mol. The van der Waals surface area contributed by atoms with Gasteiger partial charge in [-0.05, 0) is 56.3 Å². The van der Waals surface area contributed by atoms with Crippen LogP contribution in [0, 0.1) is 17.8 Å². The third kappa shape index (κ3) is 1.75. The van der Waals surface area contributed by atoms with Crippen molar-refractivity contribution in [3.05, 3.63) is 0 Å². The van der Waals surface area contributed by atoms with E-state index in [4.69, 9.17) is 9.47 Å². The van der Waals surface area contributed by atoms with Gasteiger partial charge in [-0.3, -0.25) is 0 Å². The molecule has 4 bridgehead atoms. The van der Waals surface area contributed by atoms with Gasteiger partial charge in [-0.2, -0.15) is 0 Å². The Kier molecular flexibility index (Phi) is 2.46. The van der Waals surface area contributed by atoms with E-state index in [-0.39, 0.29) is 18.2 Å². The first-order valence-electron chi connectivity index (χ1n) is 6.40. The van der Waals surface area contributed by atoms with Crippen LogP contribution >= 0.6 is 0 Å². The van der Waals surface area contributed by atoms with Crippen molar-refractivity contribution in [3.8, 4) is 0 Å². The molecular weight excluding hydrogens is 204 g/mol. The molecule has 0 radical (unpaired) electrons. The number of esters is 1. The number of hydrogen-bond donors (Lipinski definition) is 0. The Balaban J connectivity index is 1.71. The van der Waals surface area contributed by atoms with Crippen molar-refractivity contribution in [2.45, 2.75) is 44.1 Å². The lowest BCUT2D eigenvalue weighted by Crippen LogP contribution is -2.53. The highest BCUT2D eigenvalue weighted by molar-refractivity contribution is 5.71. The van der Waals surface area contributed by atoms with Gasteiger partial charge in [-0.1, -0.05) is 0 Å². The van der Waals surface area contributed by atoms with Crippen LogP contribution in [0.5, 0.6) is 0 Å². The van der Waals surface area contributed by atoms with Crippen molar-refractivity contribution < 1.29 is 14.3 Å². The van der Waals surface area contributed by atoms with Crippen LogP contribution < -0.4 is 0 Å². The van der Waals surface area contributed by atoms with Crippen LogP contribution in [0.1, 0.15) is 38.5 Å². The second kappa shape index (κ2) is 3.73. The summed E-state index contributed by atoms with van der Waals surface area (Å²) in [4.78, 5) is 11.6. The molecule has 3 heteroatoms. The maximum absolute atomic E-state index is 11.6. The van der Waals surface area contributed by atoms with E-state index in [2.05, 4.69) is 0 Å². The Hall–Kier alpha value is -0.570. The van der Waals surface area contributed by atoms with E-state index in [9.17, 15) is 4.79 Å². The SMILES string of the molecule is COCC(=O)OC12CC3CC(CC(C3)C1)C2. The highest BCUT2D eigenvalue weighted by atomic mass is 16.6. The number of ether oxygens (including phenoxy) is 2. The number of carbonyl (C=O) groups is 1. The molecule has 0 unspecified atom stereocenters. The van der Waals surface area contributed by atoms with E-state index in [0.29, 0.717) is 0 Å². The molecule has 0 spiro atoms. The highest BCUT2D eigenvalue weighted by Gasteiger charge is 2.53. The molecule has 3 nitrogen and oxygen atoms in total. The fourth-order valence-electron chi connectivity index (χ4n) is 4.54. The van der Waals surface area contributed by atoms with Gasteiger partial charge in [0.05, 0.1) is 0 Å². The van der Waals surface area contributed by atoms with Gasteiger partial charge in [0.25, 0.3) is 0 Å². The van der Waals surface area contributed by atoms with E-state index in [0.717, 1.165) is 37.0 Å². The lowest BCUT2D eigenvalue weighted by Gasteiger charge is -2.55. The maximum atomic E-state index is 11.6. The van der Waals surface area contributed by atoms with Crippen molar-refractivity contribution in [1.29, 1.82) is 0 Å². The molecule has 16 heavy (non-hydrogen) atoms. The smallest absolute Gasteiger partial charge is 0.332 e. The third-order valence-corrected chi connectivity index (χ3v) is 4.57. The monoisotopic (exact) mass is 224 g/mol. The van der Waals surface area contributed by atoms with E-state index < -0.39 is 0 Å². The molecule has 0 aromatic heterocycles. The van der Waals surface area contributed by atoms with Gasteiger partial charge in [0, 0.05) is 7.11 Å². The normalized spacial score (nSPS) is 44.7. The molecular formula is C13H20O3. The summed E-state index contributed by atoms with van der Waals surface area (Å²) in [6, 6.07) is 0. The Bertz CT molecular complexity index is 262. The molecule has 4 aliphatic rings. The molecule has 0 heterocycles. The Labute approximate surface area is 96.5 Å². The zero-order valence-corrected chi connectivity index (χ0v) is 9.91. The van der Waals surface area contributed by atoms with E-state index >= 15 is 0 Å². The number of carbonyl (C=O) groups excluding carboxylic acids is 1. The lowest BCUT2D eigenvalue weighted by atomic mass is 9.54. The summed E-state index contributed by atoms with van der Waals surface area (Å²) >= 11 is 0. The van der Waals surface area contributed by atoms with Crippen LogP contribution in [0.2, 0.25) is 0 Å². The van der Waals surface area contributed by atoms with Crippen molar-refractivity contribution in [2.24, 2.45) is 17.8 Å². The Morgan fingerprint density at radius 2 is 1.62 bits per heavy atom. The summed E-state index contributed by atoms with van der Waals surface area (Å²) in [7, 11) is 1.54. The average Bonchev–Trinajstić information content (AvgIpc) is 2.13. The van der Waals surface area contributed by atoms with Crippen molar-refractivity contribution >= 4 is 5.97 Å². The Morgan fingerprint density at radius 1 is 1.12 bits per heavy atom. The molecule has 90 valence electrons. The van der Waals surface area contributed by atoms with Crippen LogP contribution in [0.15, 0.2) is 0 Å².